The van der Waals surface area contributed by atoms with Gasteiger partial charge in [-0.05, 0) is 13.3 Å². The van der Waals surface area contributed by atoms with Crippen LogP contribution < -0.4 is 0 Å². The van der Waals surface area contributed by atoms with E-state index in [2.05, 4.69) is 17.0 Å². The predicted molar refractivity (Wildman–Crippen MR) is 69.7 cm³/mol. The lowest BCUT2D eigenvalue weighted by atomic mass is 10.3. The van der Waals surface area contributed by atoms with Gasteiger partial charge >= 0.3 is 5.97 Å². The van der Waals surface area contributed by atoms with Gasteiger partial charge in [-0.3, -0.25) is 4.68 Å². The van der Waals surface area contributed by atoms with Gasteiger partial charge < -0.3 is 4.74 Å². The molecule has 2 aromatic rings. The van der Waals surface area contributed by atoms with Crippen LogP contribution >= 0.6 is 11.3 Å². The molecule has 0 fully saturated rings. The number of carbonyl (C=O) groups excluding carboxylic acids is 1. The Bertz CT molecular complexity index is 559. The largest absolute Gasteiger partial charge is 0.464 e. The lowest BCUT2D eigenvalue weighted by molar-refractivity contribution is 0.0594. The molecule has 0 aromatic carbocycles. The van der Waals surface area contributed by atoms with E-state index >= 15 is 0 Å². The molecule has 0 spiro atoms. The average molecular weight is 265 g/mol. The highest BCUT2D eigenvalue weighted by Crippen LogP contribution is 2.27. The number of rotatable bonds is 4. The number of methoxy groups -OCH3 is 1. The number of hydrogen-bond acceptors (Lipinski definition) is 5. The van der Waals surface area contributed by atoms with Gasteiger partial charge in [0.05, 0.1) is 13.3 Å². The molecule has 5 nitrogen and oxygen atoms in total. The molecule has 0 radical (unpaired) electrons. The minimum Gasteiger partial charge on any atom is -0.464 e. The number of hydrogen-bond donors (Lipinski definition) is 0. The molecule has 96 valence electrons. The summed E-state index contributed by atoms with van der Waals surface area (Å²) in [6.07, 6.45) is 4.75. The van der Waals surface area contributed by atoms with E-state index in [1.54, 1.807) is 6.20 Å². The Balaban J connectivity index is 2.30. The van der Waals surface area contributed by atoms with Crippen LogP contribution in [0.15, 0.2) is 12.4 Å². The summed E-state index contributed by atoms with van der Waals surface area (Å²) in [5.41, 5.74) is 1.33. The van der Waals surface area contributed by atoms with Gasteiger partial charge in [-0.15, -0.1) is 11.3 Å². The monoisotopic (exact) mass is 265 g/mol. The highest BCUT2D eigenvalue weighted by atomic mass is 32.1. The molecule has 0 aliphatic rings. The van der Waals surface area contributed by atoms with E-state index < -0.39 is 5.97 Å². The first-order valence-electron chi connectivity index (χ1n) is 5.74. The fourth-order valence-corrected chi connectivity index (χ4v) is 2.51. The fraction of sp³-hybridized carbons (Fsp3) is 0.417. The van der Waals surface area contributed by atoms with E-state index in [1.807, 2.05) is 17.8 Å². The number of esters is 1. The summed E-state index contributed by atoms with van der Waals surface area (Å²) in [4.78, 5) is 16.7. The zero-order valence-electron chi connectivity index (χ0n) is 10.6. The second kappa shape index (κ2) is 5.30. The summed E-state index contributed by atoms with van der Waals surface area (Å²) in [5.74, 6) is -0.393. The quantitative estimate of drug-likeness (QED) is 0.797. The van der Waals surface area contributed by atoms with Crippen LogP contribution in [0.1, 0.15) is 28.7 Å². The Hall–Kier alpha value is -1.69. The molecule has 0 atom stereocenters. The molecule has 18 heavy (non-hydrogen) atoms. The van der Waals surface area contributed by atoms with Crippen LogP contribution in [0.5, 0.6) is 0 Å². The van der Waals surface area contributed by atoms with Crippen LogP contribution in [0, 0.1) is 6.92 Å². The third-order valence-electron chi connectivity index (χ3n) is 2.51. The number of carbonyl (C=O) groups is 1. The van der Waals surface area contributed by atoms with Gasteiger partial charge in [0, 0.05) is 23.2 Å². The molecule has 2 heterocycles. The van der Waals surface area contributed by atoms with E-state index in [9.17, 15) is 4.79 Å². The average Bonchev–Trinajstić information content (AvgIpc) is 2.95. The second-order valence-corrected chi connectivity index (χ2v) is 5.11. The van der Waals surface area contributed by atoms with Crippen molar-refractivity contribution in [1.29, 1.82) is 0 Å². The molecule has 0 N–H and O–H groups in total. The maximum Gasteiger partial charge on any atom is 0.357 e. The summed E-state index contributed by atoms with van der Waals surface area (Å²) in [6.45, 7) is 4.85. The molecule has 6 heteroatoms. The second-order valence-electron chi connectivity index (χ2n) is 3.91. The highest BCUT2D eigenvalue weighted by Gasteiger charge is 2.17. The summed E-state index contributed by atoms with van der Waals surface area (Å²) < 4.78 is 6.57. The van der Waals surface area contributed by atoms with Crippen LogP contribution in [0.3, 0.4) is 0 Å². The maximum atomic E-state index is 11.5. The predicted octanol–water partition coefficient (Wildman–Crippen LogP) is 2.51. The molecular formula is C12H15N3O2S. The Morgan fingerprint density at radius 1 is 1.56 bits per heavy atom. The van der Waals surface area contributed by atoms with E-state index in [-0.39, 0.29) is 0 Å². The molecule has 0 aliphatic heterocycles. The Labute approximate surface area is 109 Å². The Morgan fingerprint density at radius 3 is 3.00 bits per heavy atom. The number of nitrogens with zero attached hydrogens (tertiary/aromatic N) is 3. The van der Waals surface area contributed by atoms with Crippen molar-refractivity contribution in [2.24, 2.45) is 0 Å². The van der Waals surface area contributed by atoms with Crippen molar-refractivity contribution in [1.82, 2.24) is 14.8 Å². The Morgan fingerprint density at radius 2 is 2.33 bits per heavy atom. The highest BCUT2D eigenvalue weighted by molar-refractivity contribution is 7.15. The smallest absolute Gasteiger partial charge is 0.357 e. The topological polar surface area (TPSA) is 57.0 Å². The third-order valence-corrected chi connectivity index (χ3v) is 3.53. The first-order chi connectivity index (χ1) is 8.65. The summed E-state index contributed by atoms with van der Waals surface area (Å²) in [5, 5.41) is 5.05. The van der Waals surface area contributed by atoms with Gasteiger partial charge in [-0.2, -0.15) is 5.10 Å². The number of aryl methyl sites for hydroxylation is 2. The number of thiazole rings is 1. The lowest BCUT2D eigenvalue weighted by Gasteiger charge is -1.94. The van der Waals surface area contributed by atoms with Gasteiger partial charge in [0.2, 0.25) is 0 Å². The molecule has 0 amide bonds. The molecule has 0 saturated carbocycles. The maximum absolute atomic E-state index is 11.5. The molecular weight excluding hydrogens is 250 g/mol. The molecule has 0 bridgehead atoms. The van der Waals surface area contributed by atoms with Gasteiger partial charge in [0.25, 0.3) is 0 Å². The van der Waals surface area contributed by atoms with Crippen LogP contribution in [0.25, 0.3) is 10.6 Å². The summed E-state index contributed by atoms with van der Waals surface area (Å²) in [6, 6.07) is 0. The van der Waals surface area contributed by atoms with Crippen molar-refractivity contribution < 1.29 is 9.53 Å². The number of aromatic nitrogens is 3. The van der Waals surface area contributed by atoms with E-state index in [0.717, 1.165) is 28.4 Å². The van der Waals surface area contributed by atoms with E-state index in [4.69, 9.17) is 4.74 Å². The van der Waals surface area contributed by atoms with Crippen molar-refractivity contribution in [2.75, 3.05) is 7.11 Å². The number of ether oxygens (including phenoxy) is 1. The molecule has 0 aliphatic carbocycles. The minimum atomic E-state index is -0.393. The lowest BCUT2D eigenvalue weighted by Crippen LogP contribution is -2.03. The third kappa shape index (κ3) is 2.43. The minimum absolute atomic E-state index is 0.390. The van der Waals surface area contributed by atoms with Crippen molar-refractivity contribution in [2.45, 2.75) is 26.8 Å². The van der Waals surface area contributed by atoms with Crippen LogP contribution in [-0.4, -0.2) is 27.8 Å². The van der Waals surface area contributed by atoms with Crippen LogP contribution in [-0.2, 0) is 11.3 Å². The first kappa shape index (κ1) is 12.8. The normalized spacial score (nSPS) is 10.6. The van der Waals surface area contributed by atoms with Crippen molar-refractivity contribution in [3.05, 3.63) is 23.0 Å². The van der Waals surface area contributed by atoms with E-state index in [0.29, 0.717) is 5.69 Å². The zero-order valence-corrected chi connectivity index (χ0v) is 11.5. The van der Waals surface area contributed by atoms with Crippen molar-refractivity contribution in [3.8, 4) is 10.6 Å². The van der Waals surface area contributed by atoms with Crippen molar-refractivity contribution >= 4 is 17.3 Å². The van der Waals surface area contributed by atoms with E-state index in [1.165, 1.54) is 18.4 Å². The first-order valence-corrected chi connectivity index (χ1v) is 6.56. The fourth-order valence-electron chi connectivity index (χ4n) is 1.63. The molecule has 2 aromatic heterocycles. The van der Waals surface area contributed by atoms with Crippen LogP contribution in [0.2, 0.25) is 0 Å². The van der Waals surface area contributed by atoms with Crippen molar-refractivity contribution in [3.63, 3.8) is 0 Å². The van der Waals surface area contributed by atoms with Gasteiger partial charge in [-0.1, -0.05) is 6.92 Å². The standard InChI is InChI=1S/C12H15N3O2S/c1-4-5-15-7-9(6-13-15)11-14-10(8(2)18-11)12(16)17-3/h6-7H,4-5H2,1-3H3. The zero-order chi connectivity index (χ0) is 13.1. The Kier molecular flexibility index (Phi) is 3.76. The molecule has 2 rings (SSSR count). The van der Waals surface area contributed by atoms with Gasteiger partial charge in [0.15, 0.2) is 5.69 Å². The SMILES string of the molecule is CCCn1cc(-c2nc(C(=O)OC)c(C)s2)cn1. The van der Waals surface area contributed by atoms with Gasteiger partial charge in [0.1, 0.15) is 5.01 Å². The van der Waals surface area contributed by atoms with Crippen LogP contribution in [0.4, 0.5) is 0 Å². The summed E-state index contributed by atoms with van der Waals surface area (Å²) >= 11 is 1.48. The summed E-state index contributed by atoms with van der Waals surface area (Å²) in [7, 11) is 1.36. The molecule has 0 saturated heterocycles. The molecule has 0 unspecified atom stereocenters. The van der Waals surface area contributed by atoms with Gasteiger partial charge in [-0.25, -0.2) is 9.78 Å².